The van der Waals surface area contributed by atoms with Crippen LogP contribution in [-0.2, 0) is 24.8 Å². The quantitative estimate of drug-likeness (QED) is 0.859. The third-order valence-corrected chi connectivity index (χ3v) is 4.81. The minimum absolute atomic E-state index is 0.0526. The van der Waals surface area contributed by atoms with Crippen molar-refractivity contribution in [2.45, 2.75) is 38.3 Å². The summed E-state index contributed by atoms with van der Waals surface area (Å²) in [7, 11) is 1.87. The molecule has 1 aromatic carbocycles. The molecule has 0 radical (unpaired) electrons. The van der Waals surface area contributed by atoms with Crippen LogP contribution in [0.5, 0.6) is 0 Å². The molecule has 2 aromatic rings. The minimum Gasteiger partial charge on any atom is -0.353 e. The molecule has 0 bridgehead atoms. The van der Waals surface area contributed by atoms with Gasteiger partial charge < -0.3 is 5.32 Å². The zero-order chi connectivity index (χ0) is 18.5. The summed E-state index contributed by atoms with van der Waals surface area (Å²) in [4.78, 5) is 14.3. The number of rotatable bonds is 6. The predicted molar refractivity (Wildman–Crippen MR) is 94.3 cm³/mol. The van der Waals surface area contributed by atoms with Gasteiger partial charge in [-0.15, -0.1) is 0 Å². The number of piperidine rings is 1. The normalized spacial score (nSPS) is 16.0. The largest absolute Gasteiger partial charge is 0.353 e. The van der Waals surface area contributed by atoms with Gasteiger partial charge in [0, 0.05) is 57.1 Å². The van der Waals surface area contributed by atoms with E-state index < -0.39 is 11.6 Å². The number of carbonyl (C=O) groups excluding carboxylic acids is 1. The Kier molecular flexibility index (Phi) is 5.98. The van der Waals surface area contributed by atoms with Crippen LogP contribution >= 0.6 is 0 Å². The van der Waals surface area contributed by atoms with Gasteiger partial charge in [-0.05, 0) is 43.0 Å². The summed E-state index contributed by atoms with van der Waals surface area (Å²) in [6, 6.07) is 5.71. The summed E-state index contributed by atoms with van der Waals surface area (Å²) in [5, 5.41) is 7.18. The van der Waals surface area contributed by atoms with Gasteiger partial charge in [0.25, 0.3) is 0 Å². The molecule has 1 N–H and O–H groups in total. The molecule has 2 heterocycles. The lowest BCUT2D eigenvalue weighted by Crippen LogP contribution is -2.44. The summed E-state index contributed by atoms with van der Waals surface area (Å²) in [6.07, 6.45) is 4.53. The van der Waals surface area contributed by atoms with Crippen LogP contribution in [0.15, 0.2) is 30.5 Å². The Labute approximate surface area is 152 Å². The minimum atomic E-state index is -0.546. The topological polar surface area (TPSA) is 50.2 Å². The van der Waals surface area contributed by atoms with Gasteiger partial charge in [0.05, 0.1) is 0 Å². The molecule has 1 aliphatic rings. The Morgan fingerprint density at radius 1 is 1.23 bits per heavy atom. The van der Waals surface area contributed by atoms with Gasteiger partial charge in [-0.2, -0.15) is 5.10 Å². The molecule has 0 saturated carbocycles. The summed E-state index contributed by atoms with van der Waals surface area (Å²) in [5.74, 6) is -1.04. The number of benzene rings is 1. The Balaban J connectivity index is 1.40. The number of halogens is 2. The molecule has 1 fully saturated rings. The van der Waals surface area contributed by atoms with Crippen LogP contribution in [0.2, 0.25) is 0 Å². The smallest absolute Gasteiger partial charge is 0.220 e. The van der Waals surface area contributed by atoms with E-state index in [1.54, 1.807) is 10.9 Å². The number of aromatic nitrogens is 2. The van der Waals surface area contributed by atoms with Crippen LogP contribution in [0.3, 0.4) is 0 Å². The van der Waals surface area contributed by atoms with Gasteiger partial charge in [-0.25, -0.2) is 8.78 Å². The maximum atomic E-state index is 13.3. The van der Waals surface area contributed by atoms with Gasteiger partial charge in [-0.3, -0.25) is 14.4 Å². The molecule has 1 amide bonds. The van der Waals surface area contributed by atoms with Gasteiger partial charge in [-0.1, -0.05) is 0 Å². The Bertz CT molecular complexity index is 733. The summed E-state index contributed by atoms with van der Waals surface area (Å²) < 4.78 is 28.3. The molecule has 3 rings (SSSR count). The molecular weight excluding hydrogens is 338 g/mol. The van der Waals surface area contributed by atoms with Gasteiger partial charge in [0.1, 0.15) is 11.6 Å². The van der Waals surface area contributed by atoms with Crippen LogP contribution in [0, 0.1) is 11.6 Å². The fourth-order valence-electron chi connectivity index (χ4n) is 3.38. The lowest BCUT2D eigenvalue weighted by Gasteiger charge is -2.32. The standard InChI is InChI=1S/C19H24F2N4O/c1-24-18(4-7-22-24)2-3-19(26)23-17-5-8-25(9-6-17)13-14-10-15(20)12-16(21)11-14/h4,7,10-12,17H,2-3,5-6,8-9,13H2,1H3,(H,23,26). The van der Waals surface area contributed by atoms with Gasteiger partial charge >= 0.3 is 0 Å². The molecule has 1 saturated heterocycles. The molecule has 7 heteroatoms. The highest BCUT2D eigenvalue weighted by Gasteiger charge is 2.21. The average molecular weight is 362 g/mol. The van der Waals surface area contributed by atoms with Crippen molar-refractivity contribution in [3.8, 4) is 0 Å². The fourth-order valence-corrected chi connectivity index (χ4v) is 3.38. The first-order chi connectivity index (χ1) is 12.5. The second-order valence-electron chi connectivity index (χ2n) is 6.84. The molecule has 140 valence electrons. The highest BCUT2D eigenvalue weighted by atomic mass is 19.1. The van der Waals surface area contributed by atoms with E-state index in [1.165, 1.54) is 12.1 Å². The van der Waals surface area contributed by atoms with Crippen LogP contribution in [0.4, 0.5) is 8.78 Å². The first-order valence-electron chi connectivity index (χ1n) is 8.93. The van der Waals surface area contributed by atoms with Crippen LogP contribution in [-0.4, -0.2) is 39.7 Å². The van der Waals surface area contributed by atoms with Crippen molar-refractivity contribution in [2.24, 2.45) is 7.05 Å². The van der Waals surface area contributed by atoms with E-state index >= 15 is 0 Å². The summed E-state index contributed by atoms with van der Waals surface area (Å²) in [5.41, 5.74) is 1.68. The van der Waals surface area contributed by atoms with Crippen molar-refractivity contribution in [2.75, 3.05) is 13.1 Å². The number of nitrogens with zero attached hydrogens (tertiary/aromatic N) is 3. The molecular formula is C19H24F2N4O. The van der Waals surface area contributed by atoms with E-state index in [1.807, 2.05) is 13.1 Å². The molecule has 5 nitrogen and oxygen atoms in total. The Morgan fingerprint density at radius 3 is 2.54 bits per heavy atom. The third-order valence-electron chi connectivity index (χ3n) is 4.81. The summed E-state index contributed by atoms with van der Waals surface area (Å²) in [6.45, 7) is 2.12. The molecule has 0 aliphatic carbocycles. The van der Waals surface area contributed by atoms with Crippen molar-refractivity contribution in [3.63, 3.8) is 0 Å². The van der Waals surface area contributed by atoms with E-state index in [4.69, 9.17) is 0 Å². The van der Waals surface area contributed by atoms with Crippen LogP contribution in [0.1, 0.15) is 30.5 Å². The number of aryl methyl sites for hydroxylation is 2. The SMILES string of the molecule is Cn1nccc1CCC(=O)NC1CCN(Cc2cc(F)cc(F)c2)CC1. The van der Waals surface area contributed by atoms with E-state index in [-0.39, 0.29) is 11.9 Å². The number of carbonyl (C=O) groups is 1. The first kappa shape index (κ1) is 18.5. The lowest BCUT2D eigenvalue weighted by molar-refractivity contribution is -0.122. The molecule has 26 heavy (non-hydrogen) atoms. The van der Waals surface area contributed by atoms with Crippen molar-refractivity contribution < 1.29 is 13.6 Å². The third kappa shape index (κ3) is 5.11. The van der Waals surface area contributed by atoms with Crippen molar-refractivity contribution in [1.82, 2.24) is 20.0 Å². The molecule has 0 unspecified atom stereocenters. The lowest BCUT2D eigenvalue weighted by atomic mass is 10.0. The van der Waals surface area contributed by atoms with E-state index in [0.29, 0.717) is 24.9 Å². The Hall–Kier alpha value is -2.28. The van der Waals surface area contributed by atoms with E-state index in [9.17, 15) is 13.6 Å². The monoisotopic (exact) mass is 362 g/mol. The van der Waals surface area contributed by atoms with E-state index in [0.717, 1.165) is 37.7 Å². The van der Waals surface area contributed by atoms with Gasteiger partial charge in [0.15, 0.2) is 0 Å². The van der Waals surface area contributed by atoms with Crippen molar-refractivity contribution in [3.05, 3.63) is 53.4 Å². The van der Waals surface area contributed by atoms with Crippen molar-refractivity contribution in [1.29, 1.82) is 0 Å². The molecule has 1 aliphatic heterocycles. The number of hydrogen-bond donors (Lipinski definition) is 1. The highest BCUT2D eigenvalue weighted by molar-refractivity contribution is 5.76. The van der Waals surface area contributed by atoms with Crippen LogP contribution in [0.25, 0.3) is 0 Å². The van der Waals surface area contributed by atoms with Crippen LogP contribution < -0.4 is 5.32 Å². The Morgan fingerprint density at radius 2 is 1.92 bits per heavy atom. The number of likely N-dealkylation sites (tertiary alicyclic amines) is 1. The maximum Gasteiger partial charge on any atom is 0.220 e. The summed E-state index contributed by atoms with van der Waals surface area (Å²) >= 11 is 0. The van der Waals surface area contributed by atoms with Gasteiger partial charge in [0.2, 0.25) is 5.91 Å². The second kappa shape index (κ2) is 8.40. The van der Waals surface area contributed by atoms with Crippen molar-refractivity contribution >= 4 is 5.91 Å². The fraction of sp³-hybridized carbons (Fsp3) is 0.474. The predicted octanol–water partition coefficient (Wildman–Crippen LogP) is 2.41. The maximum absolute atomic E-state index is 13.3. The van der Waals surface area contributed by atoms with E-state index in [2.05, 4.69) is 15.3 Å². The second-order valence-corrected chi connectivity index (χ2v) is 6.84. The zero-order valence-corrected chi connectivity index (χ0v) is 14.9. The number of hydrogen-bond acceptors (Lipinski definition) is 3. The molecule has 0 atom stereocenters. The zero-order valence-electron chi connectivity index (χ0n) is 14.9. The number of nitrogens with one attached hydrogen (secondary N) is 1. The highest BCUT2D eigenvalue weighted by Crippen LogP contribution is 2.16. The number of amides is 1. The first-order valence-corrected chi connectivity index (χ1v) is 8.93. The average Bonchev–Trinajstić information content (AvgIpc) is 2.99. The molecule has 1 aromatic heterocycles. The molecule has 0 spiro atoms.